The smallest absolute Gasteiger partial charge is 0.414 e. The second-order valence-electron chi connectivity index (χ2n) is 14.0. The van der Waals surface area contributed by atoms with Crippen LogP contribution in [0.15, 0.2) is 65.3 Å². The average molecular weight is 840 g/mol. The lowest BCUT2D eigenvalue weighted by Crippen LogP contribution is -2.71. The SMILES string of the molecule is CNCCCn1cnc2c1ccc[n+]2CC1=C(C(=O)OCc2ccc(OC)cc2)N2C(=O)C(NC(=O)/C(=N\OCCF)c3nsc(NC(=O)OC(C)(C)C)n3)C2SC1. The van der Waals surface area contributed by atoms with E-state index >= 15 is 0 Å². The minimum atomic E-state index is -1.10. The summed E-state index contributed by atoms with van der Waals surface area (Å²) in [6.45, 7) is 5.50. The third kappa shape index (κ3) is 9.88. The van der Waals surface area contributed by atoms with Gasteiger partial charge in [-0.1, -0.05) is 17.3 Å². The summed E-state index contributed by atoms with van der Waals surface area (Å²) in [6.07, 6.45) is 3.76. The van der Waals surface area contributed by atoms with Gasteiger partial charge in [-0.05, 0) is 75.6 Å². The zero-order chi connectivity index (χ0) is 41.4. The molecule has 1 fully saturated rings. The number of aryl methyl sites for hydroxylation is 1. The molecule has 2 aliphatic rings. The van der Waals surface area contributed by atoms with Gasteiger partial charge in [-0.3, -0.25) is 19.8 Å². The van der Waals surface area contributed by atoms with Crippen LogP contribution in [-0.4, -0.2) is 110 Å². The van der Waals surface area contributed by atoms with Crippen molar-refractivity contribution < 1.29 is 47.2 Å². The van der Waals surface area contributed by atoms with Crippen LogP contribution >= 0.6 is 23.3 Å². The van der Waals surface area contributed by atoms with Gasteiger partial charge in [0.25, 0.3) is 11.8 Å². The quantitative estimate of drug-likeness (QED) is 0.0350. The molecule has 0 radical (unpaired) electrons. The summed E-state index contributed by atoms with van der Waals surface area (Å²) in [5.41, 5.74) is 1.80. The molecular weight excluding hydrogens is 796 g/mol. The molecule has 2 aliphatic heterocycles. The van der Waals surface area contributed by atoms with Crippen LogP contribution < -0.4 is 25.3 Å². The summed E-state index contributed by atoms with van der Waals surface area (Å²) in [4.78, 5) is 69.1. The molecule has 58 heavy (non-hydrogen) atoms. The molecule has 0 spiro atoms. The van der Waals surface area contributed by atoms with Gasteiger partial charge in [0.15, 0.2) is 0 Å². The monoisotopic (exact) mass is 839 g/mol. The van der Waals surface area contributed by atoms with Crippen molar-refractivity contribution in [2.75, 3.05) is 45.1 Å². The van der Waals surface area contributed by atoms with Crippen LogP contribution in [0.2, 0.25) is 0 Å². The number of fused-ring (bicyclic) bond motifs is 2. The standard InChI is InChI=1S/C37H43FN10O8S2/c1-37(2,3)56-36(52)43-35-42-29(45-58-35)26(44-55-17-13-38)31(49)41-27-32(50)48-28(34(51)54-19-22-9-11-24(53-5)12-10-22)23(20-57-33(27)48)18-46-15-6-8-25-30(46)40-21-47(25)16-7-14-39-4/h6,8-12,15,21,27,33,39H,7,13-14,16-20H2,1-5H3,(H-,41,42,43,45,49,52)/p+1/b44-26-. The van der Waals surface area contributed by atoms with Crippen LogP contribution in [0.1, 0.15) is 38.6 Å². The zero-order valence-corrected chi connectivity index (χ0v) is 34.2. The van der Waals surface area contributed by atoms with Crippen molar-refractivity contribution in [2.24, 2.45) is 5.16 Å². The van der Waals surface area contributed by atoms with Crippen LogP contribution in [-0.2, 0) is 48.4 Å². The summed E-state index contributed by atoms with van der Waals surface area (Å²) in [6, 6.07) is 9.84. The number of hydrogen-bond donors (Lipinski definition) is 3. The number of pyridine rings is 1. The molecule has 1 saturated heterocycles. The second-order valence-corrected chi connectivity index (χ2v) is 15.8. The number of hydrogen-bond acceptors (Lipinski definition) is 15. The molecule has 18 nitrogen and oxygen atoms in total. The summed E-state index contributed by atoms with van der Waals surface area (Å²) in [7, 11) is 3.46. The number of thioether (sulfide) groups is 1. The molecule has 1 aromatic carbocycles. The highest BCUT2D eigenvalue weighted by Crippen LogP contribution is 2.41. The summed E-state index contributed by atoms with van der Waals surface area (Å²) in [5, 5.41) is 11.3. The predicted molar refractivity (Wildman–Crippen MR) is 212 cm³/mol. The number of halogens is 1. The Balaban J connectivity index is 1.24. The lowest BCUT2D eigenvalue weighted by atomic mass is 10.0. The average Bonchev–Trinajstić information content (AvgIpc) is 3.84. The third-order valence-corrected chi connectivity index (χ3v) is 10.6. The van der Waals surface area contributed by atoms with Crippen molar-refractivity contribution in [1.29, 1.82) is 0 Å². The second kappa shape index (κ2) is 18.7. The topological polar surface area (TPSA) is 204 Å². The Kier molecular flexibility index (Phi) is 13.5. The number of β-lactam (4-membered cyclic amide) rings is 1. The fourth-order valence-corrected chi connectivity index (χ4v) is 7.94. The van der Waals surface area contributed by atoms with E-state index in [1.807, 2.05) is 29.9 Å². The number of anilines is 1. The number of imidazole rings is 1. The number of nitrogens with one attached hydrogen (secondary N) is 3. The number of carbonyl (C=O) groups is 4. The molecule has 0 saturated carbocycles. The number of oxime groups is 1. The first-order valence-corrected chi connectivity index (χ1v) is 20.1. The van der Waals surface area contributed by atoms with Crippen molar-refractivity contribution in [1.82, 2.24) is 34.4 Å². The van der Waals surface area contributed by atoms with Crippen LogP contribution in [0.25, 0.3) is 11.2 Å². The molecule has 4 aromatic rings. The number of nitrogens with zero attached hydrogens (tertiary/aromatic N) is 7. The van der Waals surface area contributed by atoms with E-state index in [0.717, 1.165) is 36.6 Å². The van der Waals surface area contributed by atoms with E-state index in [9.17, 15) is 23.6 Å². The van der Waals surface area contributed by atoms with Gasteiger partial charge in [-0.25, -0.2) is 18.5 Å². The fourth-order valence-electron chi connectivity index (χ4n) is 6.05. The minimum Gasteiger partial charge on any atom is -0.497 e. The van der Waals surface area contributed by atoms with Gasteiger partial charge >= 0.3 is 17.7 Å². The van der Waals surface area contributed by atoms with Crippen LogP contribution in [0.5, 0.6) is 5.75 Å². The Bertz CT molecular complexity index is 2200. The van der Waals surface area contributed by atoms with E-state index in [4.69, 9.17) is 19.0 Å². The Morgan fingerprint density at radius 1 is 1.16 bits per heavy atom. The molecule has 3 aromatic heterocycles. The third-order valence-electron chi connectivity index (χ3n) is 8.68. The first-order chi connectivity index (χ1) is 27.9. The summed E-state index contributed by atoms with van der Waals surface area (Å²) >= 11 is 2.10. The van der Waals surface area contributed by atoms with Crippen LogP contribution in [0.3, 0.4) is 0 Å². The van der Waals surface area contributed by atoms with E-state index in [1.165, 1.54) is 16.7 Å². The highest BCUT2D eigenvalue weighted by atomic mass is 32.2. The first kappa shape index (κ1) is 41.9. The Hall–Kier alpha value is -5.67. The number of amides is 3. The number of benzene rings is 1. The van der Waals surface area contributed by atoms with E-state index in [2.05, 4.69) is 40.0 Å². The van der Waals surface area contributed by atoms with Crippen molar-refractivity contribution in [2.45, 2.75) is 63.9 Å². The normalized spacial score (nSPS) is 16.8. The van der Waals surface area contributed by atoms with Gasteiger partial charge < -0.3 is 34.2 Å². The summed E-state index contributed by atoms with van der Waals surface area (Å²) in [5.74, 6) is -1.46. The summed E-state index contributed by atoms with van der Waals surface area (Å²) < 4.78 is 37.3. The van der Waals surface area contributed by atoms with Crippen LogP contribution in [0.4, 0.5) is 14.3 Å². The molecule has 2 atom stereocenters. The number of esters is 1. The fraction of sp³-hybridized carbons (Fsp3) is 0.432. The maximum absolute atomic E-state index is 14.0. The number of carbonyl (C=O) groups excluding carboxylic acids is 4. The molecule has 3 N–H and O–H groups in total. The number of aromatic nitrogens is 5. The molecule has 5 heterocycles. The maximum Gasteiger partial charge on any atom is 0.414 e. The highest BCUT2D eigenvalue weighted by Gasteiger charge is 2.55. The van der Waals surface area contributed by atoms with Gasteiger partial charge in [0.1, 0.15) is 60.4 Å². The van der Waals surface area contributed by atoms with Gasteiger partial charge in [-0.2, -0.15) is 9.36 Å². The molecule has 308 valence electrons. The van der Waals surface area contributed by atoms with E-state index in [-0.39, 0.29) is 29.8 Å². The number of rotatable bonds is 17. The minimum absolute atomic E-state index is 0.00597. The zero-order valence-electron chi connectivity index (χ0n) is 32.5. The van der Waals surface area contributed by atoms with E-state index < -0.39 is 59.9 Å². The van der Waals surface area contributed by atoms with Crippen molar-refractivity contribution in [3.05, 3.63) is 71.6 Å². The van der Waals surface area contributed by atoms with Crippen molar-refractivity contribution >= 4 is 69.2 Å². The number of alkyl halides is 1. The van der Waals surface area contributed by atoms with E-state index in [1.54, 1.807) is 58.5 Å². The Morgan fingerprint density at radius 2 is 1.95 bits per heavy atom. The lowest BCUT2D eigenvalue weighted by molar-refractivity contribution is -0.664. The van der Waals surface area contributed by atoms with Crippen molar-refractivity contribution in [3.8, 4) is 5.75 Å². The van der Waals surface area contributed by atoms with Crippen molar-refractivity contribution in [3.63, 3.8) is 0 Å². The van der Waals surface area contributed by atoms with Gasteiger partial charge in [0, 0.05) is 29.4 Å². The molecule has 0 aliphatic carbocycles. The molecular formula is C37H44FN10O8S2+. The van der Waals surface area contributed by atoms with Gasteiger partial charge in [0.2, 0.25) is 23.0 Å². The van der Waals surface area contributed by atoms with Crippen LogP contribution in [0, 0.1) is 0 Å². The van der Waals surface area contributed by atoms with Gasteiger partial charge in [-0.15, -0.1) is 11.8 Å². The Labute approximate surface area is 341 Å². The Morgan fingerprint density at radius 3 is 2.67 bits per heavy atom. The molecule has 2 unspecified atom stereocenters. The molecule has 21 heteroatoms. The molecule has 0 bridgehead atoms. The van der Waals surface area contributed by atoms with Gasteiger partial charge in [0.05, 0.1) is 13.3 Å². The van der Waals surface area contributed by atoms with E-state index in [0.29, 0.717) is 28.3 Å². The number of ether oxygens (including phenoxy) is 3. The largest absolute Gasteiger partial charge is 0.497 e. The highest BCUT2D eigenvalue weighted by molar-refractivity contribution is 8.00. The lowest BCUT2D eigenvalue weighted by Gasteiger charge is -2.49. The molecule has 6 rings (SSSR count). The number of methoxy groups -OCH3 is 1. The predicted octanol–water partition coefficient (Wildman–Crippen LogP) is 2.93. The molecule has 3 amide bonds. The maximum atomic E-state index is 14.0. The first-order valence-electron chi connectivity index (χ1n) is 18.3.